The molecule has 0 spiro atoms. The van der Waals surface area contributed by atoms with Gasteiger partial charge in [0.15, 0.2) is 0 Å². The lowest BCUT2D eigenvalue weighted by Crippen LogP contribution is -2.17. The van der Waals surface area contributed by atoms with Gasteiger partial charge < -0.3 is 4.74 Å². The van der Waals surface area contributed by atoms with Crippen LogP contribution in [0.15, 0.2) is 18.3 Å². The van der Waals surface area contributed by atoms with E-state index in [0.717, 1.165) is 0 Å². The summed E-state index contributed by atoms with van der Waals surface area (Å²) in [5.41, 5.74) is 0.399. The van der Waals surface area contributed by atoms with E-state index in [1.54, 1.807) is 0 Å². The van der Waals surface area contributed by atoms with Crippen LogP contribution in [0, 0.1) is 0 Å². The van der Waals surface area contributed by atoms with Gasteiger partial charge in [-0.25, -0.2) is 18.2 Å². The molecule has 0 unspecified atom stereocenters. The number of hydrogen-bond acceptors (Lipinski definition) is 5. The largest absolute Gasteiger partial charge is 0.464 e. The van der Waals surface area contributed by atoms with Crippen molar-refractivity contribution in [3.8, 4) is 0 Å². The van der Waals surface area contributed by atoms with Gasteiger partial charge in [-0.05, 0) is 25.0 Å². The summed E-state index contributed by atoms with van der Waals surface area (Å²) in [6, 6.07) is 2.85. The molecule has 7 heteroatoms. The van der Waals surface area contributed by atoms with Crippen LogP contribution in [0.3, 0.4) is 0 Å². The maximum Gasteiger partial charge on any atom is 0.356 e. The van der Waals surface area contributed by atoms with Gasteiger partial charge in [-0.1, -0.05) is 0 Å². The molecule has 1 fully saturated rings. The molecule has 0 aliphatic heterocycles. The number of carbonyl (C=O) groups excluding carboxylic acids is 1. The molecule has 17 heavy (non-hydrogen) atoms. The van der Waals surface area contributed by atoms with Crippen molar-refractivity contribution in [2.24, 2.45) is 0 Å². The second-order valence-corrected chi connectivity index (χ2v) is 5.73. The second-order valence-electron chi connectivity index (χ2n) is 3.77. The highest BCUT2D eigenvalue weighted by Gasteiger charge is 2.35. The summed E-state index contributed by atoms with van der Waals surface area (Å²) in [5, 5.41) is -0.308. The van der Waals surface area contributed by atoms with Crippen LogP contribution in [0.2, 0.25) is 0 Å². The van der Waals surface area contributed by atoms with Crippen LogP contribution in [0.4, 0.5) is 5.69 Å². The molecule has 0 saturated heterocycles. The lowest BCUT2D eigenvalue weighted by Gasteiger charge is -2.07. The zero-order valence-corrected chi connectivity index (χ0v) is 10.0. The molecule has 0 aromatic carbocycles. The lowest BCUT2D eigenvalue weighted by atomic mass is 10.3. The van der Waals surface area contributed by atoms with Crippen molar-refractivity contribution in [1.82, 2.24) is 4.98 Å². The standard InChI is InChI=1S/C10H12N2O4S/c1-16-10(13)9-6-7(4-5-11-9)12-17(14,15)8-2-3-8/h4-6,8H,2-3H2,1H3,(H,11,12). The number of nitrogens with one attached hydrogen (secondary N) is 1. The summed E-state index contributed by atoms with van der Waals surface area (Å²) in [5.74, 6) is -0.600. The predicted molar refractivity (Wildman–Crippen MR) is 61.1 cm³/mol. The molecule has 1 aromatic rings. The Morgan fingerprint density at radius 1 is 1.53 bits per heavy atom. The Morgan fingerprint density at radius 2 is 2.24 bits per heavy atom. The van der Waals surface area contributed by atoms with Gasteiger partial charge in [-0.2, -0.15) is 0 Å². The number of hydrogen-bond donors (Lipinski definition) is 1. The topological polar surface area (TPSA) is 85.4 Å². The van der Waals surface area contributed by atoms with Gasteiger partial charge in [0.05, 0.1) is 18.0 Å². The van der Waals surface area contributed by atoms with E-state index in [-0.39, 0.29) is 10.9 Å². The highest BCUT2D eigenvalue weighted by molar-refractivity contribution is 7.93. The summed E-state index contributed by atoms with van der Waals surface area (Å²) in [4.78, 5) is 15.0. The molecule has 0 radical (unpaired) electrons. The Hall–Kier alpha value is -1.63. The fourth-order valence-corrected chi connectivity index (χ4v) is 2.72. The Kier molecular flexibility index (Phi) is 3.01. The number of nitrogens with zero attached hydrogens (tertiary/aromatic N) is 1. The second kappa shape index (κ2) is 4.33. The fourth-order valence-electron chi connectivity index (χ4n) is 1.34. The molecule has 0 bridgehead atoms. The minimum atomic E-state index is -3.32. The highest BCUT2D eigenvalue weighted by Crippen LogP contribution is 2.29. The molecular formula is C10H12N2O4S. The normalized spacial score (nSPS) is 15.4. The number of rotatable bonds is 4. The van der Waals surface area contributed by atoms with Crippen LogP contribution in [-0.4, -0.2) is 31.7 Å². The molecular weight excluding hydrogens is 244 g/mol. The van der Waals surface area contributed by atoms with E-state index < -0.39 is 16.0 Å². The zero-order valence-electron chi connectivity index (χ0n) is 9.21. The van der Waals surface area contributed by atoms with Gasteiger partial charge in [-0.15, -0.1) is 0 Å². The molecule has 1 aromatic heterocycles. The molecule has 1 N–H and O–H groups in total. The van der Waals surface area contributed by atoms with E-state index in [1.165, 1.54) is 25.4 Å². The van der Waals surface area contributed by atoms with Crippen LogP contribution >= 0.6 is 0 Å². The molecule has 1 aliphatic carbocycles. The zero-order chi connectivity index (χ0) is 12.5. The van der Waals surface area contributed by atoms with Crippen molar-refractivity contribution in [2.75, 3.05) is 11.8 Å². The lowest BCUT2D eigenvalue weighted by molar-refractivity contribution is 0.0594. The smallest absolute Gasteiger partial charge is 0.356 e. The average Bonchev–Trinajstić information content (AvgIpc) is 3.11. The molecule has 1 heterocycles. The third kappa shape index (κ3) is 2.73. The molecule has 1 saturated carbocycles. The van der Waals surface area contributed by atoms with Crippen LogP contribution < -0.4 is 4.72 Å². The maximum atomic E-state index is 11.7. The predicted octanol–water partition coefficient (Wildman–Crippen LogP) is 0.772. The van der Waals surface area contributed by atoms with Crippen molar-refractivity contribution in [2.45, 2.75) is 18.1 Å². The first kappa shape index (κ1) is 11.8. The van der Waals surface area contributed by atoms with E-state index in [9.17, 15) is 13.2 Å². The number of aromatic nitrogens is 1. The number of esters is 1. The summed E-state index contributed by atoms with van der Waals surface area (Å²) in [6.07, 6.45) is 2.73. The van der Waals surface area contributed by atoms with E-state index in [2.05, 4.69) is 14.4 Å². The van der Waals surface area contributed by atoms with Crippen molar-refractivity contribution >= 4 is 21.7 Å². The average molecular weight is 256 g/mol. The maximum absolute atomic E-state index is 11.7. The summed E-state index contributed by atoms with van der Waals surface area (Å²) < 4.78 is 30.3. The number of methoxy groups -OCH3 is 1. The monoisotopic (exact) mass is 256 g/mol. The van der Waals surface area contributed by atoms with Gasteiger partial charge in [0.2, 0.25) is 10.0 Å². The molecule has 92 valence electrons. The molecule has 0 atom stereocenters. The first-order chi connectivity index (χ1) is 8.03. The van der Waals surface area contributed by atoms with E-state index in [0.29, 0.717) is 18.5 Å². The molecule has 2 rings (SSSR count). The number of carbonyl (C=O) groups is 1. The van der Waals surface area contributed by atoms with Gasteiger partial charge in [-0.3, -0.25) is 4.72 Å². The molecule has 6 nitrogen and oxygen atoms in total. The van der Waals surface area contributed by atoms with Crippen LogP contribution in [-0.2, 0) is 14.8 Å². The highest BCUT2D eigenvalue weighted by atomic mass is 32.2. The SMILES string of the molecule is COC(=O)c1cc(NS(=O)(=O)C2CC2)ccn1. The summed E-state index contributed by atoms with van der Waals surface area (Å²) >= 11 is 0. The Balaban J connectivity index is 2.19. The van der Waals surface area contributed by atoms with Crippen molar-refractivity contribution in [3.63, 3.8) is 0 Å². The van der Waals surface area contributed by atoms with Crippen LogP contribution in [0.5, 0.6) is 0 Å². The van der Waals surface area contributed by atoms with Crippen molar-refractivity contribution in [1.29, 1.82) is 0 Å². The number of ether oxygens (including phenoxy) is 1. The third-order valence-corrected chi connectivity index (χ3v) is 4.25. The van der Waals surface area contributed by atoms with Gasteiger partial charge in [0.1, 0.15) is 5.69 Å². The van der Waals surface area contributed by atoms with E-state index in [1.807, 2.05) is 0 Å². The summed E-state index contributed by atoms with van der Waals surface area (Å²) in [6.45, 7) is 0. The fraction of sp³-hybridized carbons (Fsp3) is 0.400. The van der Waals surface area contributed by atoms with Crippen LogP contribution in [0.1, 0.15) is 23.3 Å². The minimum absolute atomic E-state index is 0.0727. The van der Waals surface area contributed by atoms with Crippen molar-refractivity contribution < 1.29 is 17.9 Å². The van der Waals surface area contributed by atoms with E-state index >= 15 is 0 Å². The minimum Gasteiger partial charge on any atom is -0.464 e. The van der Waals surface area contributed by atoms with Crippen LogP contribution in [0.25, 0.3) is 0 Å². The molecule has 0 amide bonds. The first-order valence-electron chi connectivity index (χ1n) is 5.09. The van der Waals surface area contributed by atoms with Gasteiger partial charge in [0.25, 0.3) is 0 Å². The van der Waals surface area contributed by atoms with Gasteiger partial charge >= 0.3 is 5.97 Å². The Morgan fingerprint density at radius 3 is 2.82 bits per heavy atom. The first-order valence-corrected chi connectivity index (χ1v) is 6.63. The summed E-state index contributed by atoms with van der Waals surface area (Å²) in [7, 11) is -2.08. The van der Waals surface area contributed by atoms with Gasteiger partial charge in [0, 0.05) is 6.20 Å². The molecule has 1 aliphatic rings. The Labute approximate surface area is 99.1 Å². The number of pyridine rings is 1. The quantitative estimate of drug-likeness (QED) is 0.804. The van der Waals surface area contributed by atoms with E-state index in [4.69, 9.17) is 0 Å². The van der Waals surface area contributed by atoms with Crippen molar-refractivity contribution in [3.05, 3.63) is 24.0 Å². The third-order valence-electron chi connectivity index (χ3n) is 2.38. The number of anilines is 1. The number of sulfonamides is 1. The Bertz CT molecular complexity index is 537.